The van der Waals surface area contributed by atoms with E-state index >= 15 is 0 Å². The molecule has 1 aromatic heterocycles. The summed E-state index contributed by atoms with van der Waals surface area (Å²) < 4.78 is 6.23. The van der Waals surface area contributed by atoms with E-state index in [1.807, 2.05) is 31.2 Å². The van der Waals surface area contributed by atoms with E-state index in [-0.39, 0.29) is 5.91 Å². The minimum Gasteiger partial charge on any atom is -0.493 e. The van der Waals surface area contributed by atoms with Gasteiger partial charge in [0.1, 0.15) is 5.75 Å². The molecule has 5 rings (SSSR count). The molecule has 2 heterocycles. The summed E-state index contributed by atoms with van der Waals surface area (Å²) in [4.78, 5) is 19.8. The van der Waals surface area contributed by atoms with Gasteiger partial charge < -0.3 is 10.1 Å². The maximum absolute atomic E-state index is 13.0. The molecule has 1 fully saturated rings. The molecule has 1 aliphatic carbocycles. The highest BCUT2D eigenvalue weighted by Crippen LogP contribution is 2.29. The summed E-state index contributed by atoms with van der Waals surface area (Å²) >= 11 is 0. The van der Waals surface area contributed by atoms with Crippen molar-refractivity contribution in [2.75, 3.05) is 18.5 Å². The fraction of sp³-hybridized carbons (Fsp3) is 0.400. The first kappa shape index (κ1) is 23.6. The molecule has 1 amide bonds. The van der Waals surface area contributed by atoms with Crippen molar-refractivity contribution in [3.05, 3.63) is 88.7 Å². The van der Waals surface area contributed by atoms with Crippen LogP contribution < -0.4 is 10.1 Å². The summed E-state index contributed by atoms with van der Waals surface area (Å²) in [6.07, 6.45) is 11.6. The van der Waals surface area contributed by atoms with Crippen molar-refractivity contribution in [3.8, 4) is 5.75 Å². The highest BCUT2D eigenvalue weighted by Gasteiger charge is 2.24. The van der Waals surface area contributed by atoms with E-state index in [4.69, 9.17) is 4.74 Å². The Kier molecular flexibility index (Phi) is 7.43. The number of nitrogens with zero attached hydrogens (tertiary/aromatic N) is 2. The second kappa shape index (κ2) is 11.0. The molecule has 1 aliphatic heterocycles. The molecule has 0 spiro atoms. The molecule has 182 valence electrons. The number of aromatic nitrogens is 1. The molecule has 1 saturated carbocycles. The van der Waals surface area contributed by atoms with E-state index in [1.54, 1.807) is 12.4 Å². The van der Waals surface area contributed by atoms with Crippen molar-refractivity contribution in [2.45, 2.75) is 64.5 Å². The first-order valence-electron chi connectivity index (χ1n) is 13.0. The van der Waals surface area contributed by atoms with Crippen LogP contribution >= 0.6 is 0 Å². The summed E-state index contributed by atoms with van der Waals surface area (Å²) in [6.45, 7) is 4.84. The third kappa shape index (κ3) is 5.91. The molecular formula is C30H35N3O2. The standard InChI is InChI=1S/C30H35N3O2/c1-22-20-31-14-13-28(22)32-30(34)25-11-12-29-26(19-25)18-23-7-5-8-24(17-23)21-33(27-9-6-10-27)15-3-2-4-16-35-29/h5,7-8,11-14,17,19-20,27H,2-4,6,9-10,15-16,18,21H2,1H3,(H,31,32,34). The number of fused-ring (bicyclic) bond motifs is 3. The molecule has 5 nitrogen and oxygen atoms in total. The molecule has 2 aliphatic rings. The van der Waals surface area contributed by atoms with Crippen LogP contribution in [0.25, 0.3) is 0 Å². The Morgan fingerprint density at radius 1 is 1.03 bits per heavy atom. The number of carbonyl (C=O) groups excluding carboxylic acids is 1. The molecule has 1 N–H and O–H groups in total. The minimum atomic E-state index is -0.119. The molecule has 2 bridgehead atoms. The monoisotopic (exact) mass is 469 g/mol. The van der Waals surface area contributed by atoms with Crippen molar-refractivity contribution < 1.29 is 9.53 Å². The van der Waals surface area contributed by atoms with E-state index in [0.29, 0.717) is 12.2 Å². The van der Waals surface area contributed by atoms with Crippen LogP contribution in [0, 0.1) is 6.92 Å². The third-order valence-corrected chi connectivity index (χ3v) is 7.30. The number of pyridine rings is 1. The number of hydrogen-bond acceptors (Lipinski definition) is 4. The SMILES string of the molecule is Cc1cnccc1NC(=O)c1ccc2c(c1)Cc1cccc(c1)CN(C1CCC1)CCCCCO2. The first-order chi connectivity index (χ1) is 17.2. The van der Waals surface area contributed by atoms with Gasteiger partial charge in [0, 0.05) is 42.7 Å². The first-order valence-corrected chi connectivity index (χ1v) is 13.0. The number of hydrogen-bond donors (Lipinski definition) is 1. The molecule has 0 radical (unpaired) electrons. The van der Waals surface area contributed by atoms with Crippen LogP contribution in [-0.4, -0.2) is 35.0 Å². The zero-order chi connectivity index (χ0) is 24.0. The Morgan fingerprint density at radius 3 is 2.74 bits per heavy atom. The molecule has 0 saturated heterocycles. The fourth-order valence-electron chi connectivity index (χ4n) is 5.02. The summed E-state index contributed by atoms with van der Waals surface area (Å²) in [6, 6.07) is 17.3. The van der Waals surface area contributed by atoms with Gasteiger partial charge in [-0.2, -0.15) is 0 Å². The number of rotatable bonds is 3. The average molecular weight is 470 g/mol. The average Bonchev–Trinajstić information content (AvgIpc) is 2.82. The van der Waals surface area contributed by atoms with Gasteiger partial charge in [-0.05, 0) is 92.1 Å². The summed E-state index contributed by atoms with van der Waals surface area (Å²) in [5.41, 5.74) is 6.03. The normalized spacial score (nSPS) is 17.4. The number of carbonyl (C=O) groups is 1. The van der Waals surface area contributed by atoms with Gasteiger partial charge in [-0.25, -0.2) is 0 Å². The van der Waals surface area contributed by atoms with Gasteiger partial charge in [0.25, 0.3) is 5.91 Å². The Balaban J connectivity index is 1.40. The predicted molar refractivity (Wildman–Crippen MR) is 140 cm³/mol. The molecule has 2 aromatic carbocycles. The lowest BCUT2D eigenvalue weighted by Crippen LogP contribution is -2.40. The maximum Gasteiger partial charge on any atom is 0.255 e. The fourth-order valence-corrected chi connectivity index (χ4v) is 5.02. The Bertz CT molecular complexity index is 1170. The van der Waals surface area contributed by atoms with Crippen LogP contribution in [-0.2, 0) is 13.0 Å². The quantitative estimate of drug-likeness (QED) is 0.500. The molecule has 5 heteroatoms. The zero-order valence-electron chi connectivity index (χ0n) is 20.6. The van der Waals surface area contributed by atoms with Gasteiger partial charge in [0.05, 0.1) is 6.61 Å². The van der Waals surface area contributed by atoms with E-state index in [1.165, 1.54) is 49.8 Å². The van der Waals surface area contributed by atoms with Gasteiger partial charge in [-0.15, -0.1) is 0 Å². The van der Waals surface area contributed by atoms with Crippen LogP contribution in [0.15, 0.2) is 60.9 Å². The van der Waals surface area contributed by atoms with Gasteiger partial charge in [-0.3, -0.25) is 14.7 Å². The van der Waals surface area contributed by atoms with Gasteiger partial charge in [-0.1, -0.05) is 30.7 Å². The lowest BCUT2D eigenvalue weighted by molar-refractivity contribution is 0.102. The van der Waals surface area contributed by atoms with Gasteiger partial charge in [0.2, 0.25) is 0 Å². The Morgan fingerprint density at radius 2 is 1.91 bits per heavy atom. The second-order valence-corrected chi connectivity index (χ2v) is 9.93. The Labute approximate surface area is 208 Å². The topological polar surface area (TPSA) is 54.5 Å². The van der Waals surface area contributed by atoms with Crippen LogP contribution in [0.2, 0.25) is 0 Å². The van der Waals surface area contributed by atoms with Crippen LogP contribution in [0.1, 0.15) is 71.1 Å². The smallest absolute Gasteiger partial charge is 0.255 e. The maximum atomic E-state index is 13.0. The second-order valence-electron chi connectivity index (χ2n) is 9.93. The highest BCUT2D eigenvalue weighted by molar-refractivity contribution is 6.04. The van der Waals surface area contributed by atoms with E-state index in [2.05, 4.69) is 39.5 Å². The lowest BCUT2D eigenvalue weighted by atomic mass is 9.90. The number of benzene rings is 2. The number of aryl methyl sites for hydroxylation is 1. The summed E-state index contributed by atoms with van der Waals surface area (Å²) in [5.74, 6) is 0.756. The molecule has 35 heavy (non-hydrogen) atoms. The summed E-state index contributed by atoms with van der Waals surface area (Å²) in [5, 5.41) is 3.02. The number of nitrogens with one attached hydrogen (secondary N) is 1. The van der Waals surface area contributed by atoms with Gasteiger partial charge >= 0.3 is 0 Å². The van der Waals surface area contributed by atoms with Crippen molar-refractivity contribution in [1.82, 2.24) is 9.88 Å². The zero-order valence-corrected chi connectivity index (χ0v) is 20.6. The van der Waals surface area contributed by atoms with E-state index in [9.17, 15) is 4.79 Å². The Hall–Kier alpha value is -3.18. The lowest BCUT2D eigenvalue weighted by Gasteiger charge is -2.38. The third-order valence-electron chi connectivity index (χ3n) is 7.30. The minimum absolute atomic E-state index is 0.119. The highest BCUT2D eigenvalue weighted by atomic mass is 16.5. The molecule has 0 atom stereocenters. The number of ether oxygens (including phenoxy) is 1. The summed E-state index contributed by atoms with van der Waals surface area (Å²) in [7, 11) is 0. The predicted octanol–water partition coefficient (Wildman–Crippen LogP) is 6.15. The number of anilines is 1. The van der Waals surface area contributed by atoms with Gasteiger partial charge in [0.15, 0.2) is 0 Å². The largest absolute Gasteiger partial charge is 0.493 e. The molecule has 3 aromatic rings. The van der Waals surface area contributed by atoms with Crippen molar-refractivity contribution in [3.63, 3.8) is 0 Å². The number of amides is 1. The van der Waals surface area contributed by atoms with Crippen molar-refractivity contribution >= 4 is 11.6 Å². The molecular weight excluding hydrogens is 434 g/mol. The van der Waals surface area contributed by atoms with Crippen molar-refractivity contribution in [2.24, 2.45) is 0 Å². The molecule has 0 unspecified atom stereocenters. The van der Waals surface area contributed by atoms with Crippen LogP contribution in [0.5, 0.6) is 5.75 Å². The van der Waals surface area contributed by atoms with E-state index < -0.39 is 0 Å². The van der Waals surface area contributed by atoms with E-state index in [0.717, 1.165) is 48.0 Å². The van der Waals surface area contributed by atoms with Crippen molar-refractivity contribution in [1.29, 1.82) is 0 Å². The van der Waals surface area contributed by atoms with Crippen LogP contribution in [0.3, 0.4) is 0 Å². The van der Waals surface area contributed by atoms with Crippen LogP contribution in [0.4, 0.5) is 5.69 Å².